The standard InChI is InChI=1S/C12H11NO3S/c1-15-10-4-3-8(5-11(10)16-2)9-7-17-12(6-14)13-9/h3-7H,1-2H3. The third kappa shape index (κ3) is 2.29. The van der Waals surface area contributed by atoms with Gasteiger partial charge in [0.15, 0.2) is 22.8 Å². The highest BCUT2D eigenvalue weighted by molar-refractivity contribution is 7.11. The summed E-state index contributed by atoms with van der Waals surface area (Å²) in [4.78, 5) is 14.8. The van der Waals surface area contributed by atoms with Gasteiger partial charge in [-0.25, -0.2) is 4.98 Å². The molecule has 0 unspecified atom stereocenters. The fourth-order valence-corrected chi connectivity index (χ4v) is 2.10. The predicted molar refractivity (Wildman–Crippen MR) is 66.0 cm³/mol. The smallest absolute Gasteiger partial charge is 0.178 e. The monoisotopic (exact) mass is 249 g/mol. The number of rotatable bonds is 4. The maximum Gasteiger partial charge on any atom is 0.178 e. The van der Waals surface area contributed by atoms with Crippen LogP contribution in [0.1, 0.15) is 9.80 Å². The third-order valence-corrected chi connectivity index (χ3v) is 3.07. The first-order valence-corrected chi connectivity index (χ1v) is 5.79. The van der Waals surface area contributed by atoms with Crippen LogP contribution in [-0.2, 0) is 0 Å². The van der Waals surface area contributed by atoms with Crippen LogP contribution in [-0.4, -0.2) is 25.5 Å². The zero-order valence-corrected chi connectivity index (χ0v) is 10.3. The molecule has 1 aromatic carbocycles. The number of aromatic nitrogens is 1. The Morgan fingerprint density at radius 3 is 2.59 bits per heavy atom. The maximum absolute atomic E-state index is 10.6. The molecule has 1 aromatic heterocycles. The van der Waals surface area contributed by atoms with Crippen LogP contribution in [0.3, 0.4) is 0 Å². The third-order valence-electron chi connectivity index (χ3n) is 2.30. The first kappa shape index (κ1) is 11.6. The molecule has 0 bridgehead atoms. The van der Waals surface area contributed by atoms with E-state index < -0.39 is 0 Å². The zero-order valence-electron chi connectivity index (χ0n) is 9.47. The Bertz CT molecular complexity index is 536. The molecule has 0 aliphatic carbocycles. The number of carbonyl (C=O) groups is 1. The molecule has 2 aromatic rings. The second-order valence-corrected chi connectivity index (χ2v) is 4.15. The molecule has 0 atom stereocenters. The highest BCUT2D eigenvalue weighted by Crippen LogP contribution is 2.32. The largest absolute Gasteiger partial charge is 0.493 e. The van der Waals surface area contributed by atoms with Crippen molar-refractivity contribution in [1.29, 1.82) is 0 Å². The number of methoxy groups -OCH3 is 2. The van der Waals surface area contributed by atoms with E-state index in [2.05, 4.69) is 4.98 Å². The zero-order chi connectivity index (χ0) is 12.3. The highest BCUT2D eigenvalue weighted by atomic mass is 32.1. The molecule has 4 nitrogen and oxygen atoms in total. The van der Waals surface area contributed by atoms with E-state index in [1.54, 1.807) is 14.2 Å². The van der Waals surface area contributed by atoms with Gasteiger partial charge in [0.1, 0.15) is 0 Å². The lowest BCUT2D eigenvalue weighted by atomic mass is 10.1. The van der Waals surface area contributed by atoms with Gasteiger partial charge in [0.05, 0.1) is 19.9 Å². The van der Waals surface area contributed by atoms with Crippen LogP contribution in [0.15, 0.2) is 23.6 Å². The molecule has 0 amide bonds. The van der Waals surface area contributed by atoms with Gasteiger partial charge in [0.25, 0.3) is 0 Å². The van der Waals surface area contributed by atoms with E-state index in [4.69, 9.17) is 9.47 Å². The molecule has 88 valence electrons. The van der Waals surface area contributed by atoms with Crippen molar-refractivity contribution in [2.75, 3.05) is 14.2 Å². The number of carbonyl (C=O) groups excluding carboxylic acids is 1. The number of thiazole rings is 1. The van der Waals surface area contributed by atoms with Crippen molar-refractivity contribution in [3.05, 3.63) is 28.6 Å². The number of ether oxygens (including phenoxy) is 2. The highest BCUT2D eigenvalue weighted by Gasteiger charge is 2.08. The predicted octanol–water partition coefficient (Wildman–Crippen LogP) is 2.64. The Morgan fingerprint density at radius 1 is 1.24 bits per heavy atom. The Kier molecular flexibility index (Phi) is 3.39. The van der Waals surface area contributed by atoms with Crippen molar-refractivity contribution < 1.29 is 14.3 Å². The lowest BCUT2D eigenvalue weighted by Gasteiger charge is -2.08. The van der Waals surface area contributed by atoms with E-state index in [0.29, 0.717) is 16.5 Å². The van der Waals surface area contributed by atoms with Crippen molar-refractivity contribution in [2.24, 2.45) is 0 Å². The molecule has 0 aliphatic rings. The van der Waals surface area contributed by atoms with Crippen LogP contribution in [0.2, 0.25) is 0 Å². The quantitative estimate of drug-likeness (QED) is 0.781. The summed E-state index contributed by atoms with van der Waals surface area (Å²) in [7, 11) is 3.17. The Balaban J connectivity index is 2.42. The van der Waals surface area contributed by atoms with Gasteiger partial charge < -0.3 is 9.47 Å². The molecule has 0 radical (unpaired) electrons. The van der Waals surface area contributed by atoms with Crippen molar-refractivity contribution >= 4 is 17.6 Å². The molecule has 2 rings (SSSR count). The summed E-state index contributed by atoms with van der Waals surface area (Å²) in [6, 6.07) is 5.53. The molecule has 0 aliphatic heterocycles. The molecule has 1 heterocycles. The lowest BCUT2D eigenvalue weighted by molar-refractivity contribution is 0.112. The number of nitrogens with zero attached hydrogens (tertiary/aromatic N) is 1. The number of aldehydes is 1. The molecular weight excluding hydrogens is 238 g/mol. The van der Waals surface area contributed by atoms with Gasteiger partial charge in [0.2, 0.25) is 0 Å². The minimum atomic E-state index is 0.467. The van der Waals surface area contributed by atoms with Gasteiger partial charge >= 0.3 is 0 Å². The molecule has 0 N–H and O–H groups in total. The van der Waals surface area contributed by atoms with Crippen LogP contribution < -0.4 is 9.47 Å². The second-order valence-electron chi connectivity index (χ2n) is 3.26. The molecule has 0 spiro atoms. The molecular formula is C12H11NO3S. The topological polar surface area (TPSA) is 48.4 Å². The average Bonchev–Trinajstić information content (AvgIpc) is 2.86. The Hall–Kier alpha value is -1.88. The molecule has 0 fully saturated rings. The summed E-state index contributed by atoms with van der Waals surface area (Å²) in [6.45, 7) is 0. The van der Waals surface area contributed by atoms with Crippen LogP contribution in [0.4, 0.5) is 0 Å². The number of hydrogen-bond acceptors (Lipinski definition) is 5. The first-order chi connectivity index (χ1) is 8.28. The lowest BCUT2D eigenvalue weighted by Crippen LogP contribution is -1.91. The van der Waals surface area contributed by atoms with Crippen molar-refractivity contribution in [1.82, 2.24) is 4.98 Å². The van der Waals surface area contributed by atoms with Crippen LogP contribution in [0.25, 0.3) is 11.3 Å². The van der Waals surface area contributed by atoms with Gasteiger partial charge in [-0.2, -0.15) is 0 Å². The van der Waals surface area contributed by atoms with Gasteiger partial charge in [-0.1, -0.05) is 0 Å². The van der Waals surface area contributed by atoms with E-state index in [-0.39, 0.29) is 0 Å². The summed E-state index contributed by atoms with van der Waals surface area (Å²) in [5.41, 5.74) is 1.66. The first-order valence-electron chi connectivity index (χ1n) is 4.91. The summed E-state index contributed by atoms with van der Waals surface area (Å²) in [6.07, 6.45) is 0.745. The summed E-state index contributed by atoms with van der Waals surface area (Å²) < 4.78 is 10.4. The van der Waals surface area contributed by atoms with Crippen LogP contribution in [0.5, 0.6) is 11.5 Å². The normalized spacial score (nSPS) is 10.0. The fourth-order valence-electron chi connectivity index (χ4n) is 1.47. The van der Waals surface area contributed by atoms with Crippen molar-refractivity contribution in [3.8, 4) is 22.8 Å². The minimum absolute atomic E-state index is 0.467. The summed E-state index contributed by atoms with van der Waals surface area (Å²) in [5, 5.41) is 2.31. The van der Waals surface area contributed by atoms with Gasteiger partial charge in [0, 0.05) is 10.9 Å². The van der Waals surface area contributed by atoms with E-state index in [1.807, 2.05) is 23.6 Å². The Labute approximate surface area is 103 Å². The SMILES string of the molecule is COc1ccc(-c2csc(C=O)n2)cc1OC. The van der Waals surface area contributed by atoms with Crippen molar-refractivity contribution in [2.45, 2.75) is 0 Å². The van der Waals surface area contributed by atoms with Crippen LogP contribution in [0, 0.1) is 0 Å². The maximum atomic E-state index is 10.6. The number of benzene rings is 1. The van der Waals surface area contributed by atoms with Gasteiger partial charge in [-0.3, -0.25) is 4.79 Å². The molecule has 0 saturated heterocycles. The molecule has 5 heteroatoms. The van der Waals surface area contributed by atoms with E-state index in [9.17, 15) is 4.79 Å². The van der Waals surface area contributed by atoms with Crippen molar-refractivity contribution in [3.63, 3.8) is 0 Å². The Morgan fingerprint density at radius 2 is 2.00 bits per heavy atom. The van der Waals surface area contributed by atoms with Gasteiger partial charge in [-0.05, 0) is 18.2 Å². The van der Waals surface area contributed by atoms with E-state index in [0.717, 1.165) is 17.5 Å². The summed E-state index contributed by atoms with van der Waals surface area (Å²) >= 11 is 1.32. The van der Waals surface area contributed by atoms with Crippen LogP contribution >= 0.6 is 11.3 Å². The number of hydrogen-bond donors (Lipinski definition) is 0. The molecule has 0 saturated carbocycles. The minimum Gasteiger partial charge on any atom is -0.493 e. The second kappa shape index (κ2) is 4.97. The fraction of sp³-hybridized carbons (Fsp3) is 0.167. The average molecular weight is 249 g/mol. The van der Waals surface area contributed by atoms with Gasteiger partial charge in [-0.15, -0.1) is 11.3 Å². The molecule has 17 heavy (non-hydrogen) atoms. The van der Waals surface area contributed by atoms with E-state index in [1.165, 1.54) is 11.3 Å². The van der Waals surface area contributed by atoms with E-state index >= 15 is 0 Å². The summed E-state index contributed by atoms with van der Waals surface area (Å²) in [5.74, 6) is 1.31.